The first-order chi connectivity index (χ1) is 13.0. The minimum Gasteiger partial charge on any atom is -0.297 e. The van der Waals surface area contributed by atoms with Gasteiger partial charge in [0, 0.05) is 32.7 Å². The van der Waals surface area contributed by atoms with E-state index in [2.05, 4.69) is 41.0 Å². The lowest BCUT2D eigenvalue weighted by Gasteiger charge is -2.36. The van der Waals surface area contributed by atoms with Crippen LogP contribution in [0.15, 0.2) is 42.5 Å². The number of benzene rings is 2. The van der Waals surface area contributed by atoms with E-state index in [0.29, 0.717) is 12.4 Å². The van der Waals surface area contributed by atoms with Crippen LogP contribution in [0.3, 0.4) is 0 Å². The summed E-state index contributed by atoms with van der Waals surface area (Å²) in [5.74, 6) is -1.69. The molecule has 27 heavy (non-hydrogen) atoms. The van der Waals surface area contributed by atoms with Crippen molar-refractivity contribution in [2.24, 2.45) is 0 Å². The normalized spacial score (nSPS) is 18.2. The van der Waals surface area contributed by atoms with Crippen molar-refractivity contribution in [2.45, 2.75) is 13.5 Å². The Balaban J connectivity index is 1.38. The zero-order valence-electron chi connectivity index (χ0n) is 15.3. The average Bonchev–Trinajstić information content (AvgIpc) is 2.90. The van der Waals surface area contributed by atoms with Crippen LogP contribution < -0.4 is 4.90 Å². The van der Waals surface area contributed by atoms with E-state index in [-0.39, 0.29) is 5.56 Å². The number of piperazine rings is 1. The first-order valence-corrected chi connectivity index (χ1v) is 9.18. The van der Waals surface area contributed by atoms with Gasteiger partial charge < -0.3 is 0 Å². The molecule has 2 aliphatic rings. The van der Waals surface area contributed by atoms with Gasteiger partial charge >= 0.3 is 5.91 Å². The van der Waals surface area contributed by atoms with Gasteiger partial charge in [0.25, 0.3) is 5.78 Å². The number of hydrogen-bond donors (Lipinski definition) is 0. The maximum atomic E-state index is 13.4. The SMILES string of the molecule is Cc1ccccc1CN1CCN(CN2C(=O)C(=O)c3cc(F)ccc32)CC1. The molecule has 140 valence electrons. The smallest absolute Gasteiger partial charge is 0.297 e. The molecule has 2 aromatic rings. The standard InChI is InChI=1S/C21H22FN3O2/c1-15-4-2-3-5-16(15)13-23-8-10-24(11-9-23)14-25-19-7-6-17(22)12-18(19)20(26)21(25)27/h2-7,12H,8-11,13-14H2,1H3. The molecule has 0 saturated carbocycles. The first-order valence-electron chi connectivity index (χ1n) is 9.18. The van der Waals surface area contributed by atoms with E-state index in [1.54, 1.807) is 0 Å². The van der Waals surface area contributed by atoms with Crippen molar-refractivity contribution in [3.8, 4) is 0 Å². The third-order valence-corrected chi connectivity index (χ3v) is 5.39. The highest BCUT2D eigenvalue weighted by Gasteiger charge is 2.37. The van der Waals surface area contributed by atoms with Crippen LogP contribution in [0.4, 0.5) is 10.1 Å². The molecule has 1 amide bonds. The molecule has 0 atom stereocenters. The third kappa shape index (κ3) is 3.50. The number of hydrogen-bond acceptors (Lipinski definition) is 4. The highest BCUT2D eigenvalue weighted by Crippen LogP contribution is 2.29. The number of aryl methyl sites for hydroxylation is 1. The predicted octanol–water partition coefficient (Wildman–Crippen LogP) is 2.44. The van der Waals surface area contributed by atoms with Crippen LogP contribution in [-0.4, -0.2) is 54.3 Å². The van der Waals surface area contributed by atoms with Gasteiger partial charge in [0.1, 0.15) is 5.82 Å². The van der Waals surface area contributed by atoms with Gasteiger partial charge in [-0.2, -0.15) is 0 Å². The van der Waals surface area contributed by atoms with Crippen molar-refractivity contribution >= 4 is 17.4 Å². The predicted molar refractivity (Wildman–Crippen MR) is 101 cm³/mol. The van der Waals surface area contributed by atoms with E-state index in [0.717, 1.165) is 38.8 Å². The second kappa shape index (κ2) is 7.21. The van der Waals surface area contributed by atoms with E-state index >= 15 is 0 Å². The number of rotatable bonds is 4. The number of Topliss-reactive ketones (excluding diaryl/α,β-unsaturated/α-hetero) is 1. The third-order valence-electron chi connectivity index (χ3n) is 5.39. The zero-order valence-corrected chi connectivity index (χ0v) is 15.3. The number of ketones is 1. The van der Waals surface area contributed by atoms with Gasteiger partial charge in [-0.15, -0.1) is 0 Å². The van der Waals surface area contributed by atoms with Crippen molar-refractivity contribution in [2.75, 3.05) is 37.7 Å². The van der Waals surface area contributed by atoms with Crippen LogP contribution in [0.25, 0.3) is 0 Å². The number of carbonyl (C=O) groups is 2. The van der Waals surface area contributed by atoms with Crippen molar-refractivity contribution in [1.29, 1.82) is 0 Å². The van der Waals surface area contributed by atoms with Gasteiger partial charge in [0.15, 0.2) is 0 Å². The number of carbonyl (C=O) groups excluding carboxylic acids is 2. The topological polar surface area (TPSA) is 43.9 Å². The van der Waals surface area contributed by atoms with E-state index in [9.17, 15) is 14.0 Å². The maximum absolute atomic E-state index is 13.4. The molecule has 2 heterocycles. The molecule has 0 N–H and O–H groups in total. The molecule has 0 aromatic heterocycles. The second-order valence-corrected chi connectivity index (χ2v) is 7.19. The molecule has 0 bridgehead atoms. The van der Waals surface area contributed by atoms with Crippen molar-refractivity contribution in [3.05, 3.63) is 65.0 Å². The van der Waals surface area contributed by atoms with E-state index in [1.165, 1.54) is 28.2 Å². The van der Waals surface area contributed by atoms with Gasteiger partial charge in [0.2, 0.25) is 0 Å². The van der Waals surface area contributed by atoms with Crippen molar-refractivity contribution in [1.82, 2.24) is 9.80 Å². The molecule has 2 aliphatic heterocycles. The molecule has 1 saturated heterocycles. The van der Waals surface area contributed by atoms with Crippen LogP contribution in [0.2, 0.25) is 0 Å². The largest absolute Gasteiger partial charge is 0.300 e. The lowest BCUT2D eigenvalue weighted by Crippen LogP contribution is -2.50. The molecule has 6 heteroatoms. The summed E-state index contributed by atoms with van der Waals surface area (Å²) < 4.78 is 13.4. The fourth-order valence-corrected chi connectivity index (χ4v) is 3.73. The number of fused-ring (bicyclic) bond motifs is 1. The Bertz CT molecular complexity index is 891. The van der Waals surface area contributed by atoms with Gasteiger partial charge in [-0.1, -0.05) is 24.3 Å². The molecule has 2 aromatic carbocycles. The second-order valence-electron chi connectivity index (χ2n) is 7.19. The summed E-state index contributed by atoms with van der Waals surface area (Å²) in [5, 5.41) is 0. The Labute approximate surface area is 158 Å². The Morgan fingerprint density at radius 3 is 2.41 bits per heavy atom. The van der Waals surface area contributed by atoms with Gasteiger partial charge in [0.05, 0.1) is 17.9 Å². The Kier molecular flexibility index (Phi) is 4.76. The minimum atomic E-state index is -0.623. The summed E-state index contributed by atoms with van der Waals surface area (Å²) in [4.78, 5) is 30.4. The van der Waals surface area contributed by atoms with Crippen molar-refractivity contribution in [3.63, 3.8) is 0 Å². The van der Waals surface area contributed by atoms with Crippen LogP contribution in [-0.2, 0) is 11.3 Å². The van der Waals surface area contributed by atoms with Crippen molar-refractivity contribution < 1.29 is 14.0 Å². The summed E-state index contributed by atoms with van der Waals surface area (Å²) in [6, 6.07) is 12.4. The fourth-order valence-electron chi connectivity index (χ4n) is 3.73. The molecule has 0 radical (unpaired) electrons. The lowest BCUT2D eigenvalue weighted by molar-refractivity contribution is -0.114. The minimum absolute atomic E-state index is 0.165. The van der Waals surface area contributed by atoms with Gasteiger partial charge in [-0.25, -0.2) is 4.39 Å². The molecule has 0 aliphatic carbocycles. The number of amides is 1. The summed E-state index contributed by atoms with van der Waals surface area (Å²) in [7, 11) is 0. The molecule has 0 spiro atoms. The summed E-state index contributed by atoms with van der Waals surface area (Å²) >= 11 is 0. The fraction of sp³-hybridized carbons (Fsp3) is 0.333. The maximum Gasteiger partial charge on any atom is 0.300 e. The molecule has 4 rings (SSSR count). The first kappa shape index (κ1) is 17.8. The molecular formula is C21H22FN3O2. The number of nitrogens with zero attached hydrogens (tertiary/aromatic N) is 3. The van der Waals surface area contributed by atoms with Crippen LogP contribution in [0.5, 0.6) is 0 Å². The number of anilines is 1. The Morgan fingerprint density at radius 1 is 0.963 bits per heavy atom. The Morgan fingerprint density at radius 2 is 1.67 bits per heavy atom. The molecule has 1 fully saturated rings. The zero-order chi connectivity index (χ0) is 19.0. The highest BCUT2D eigenvalue weighted by atomic mass is 19.1. The highest BCUT2D eigenvalue weighted by molar-refractivity contribution is 6.52. The number of halogens is 1. The van der Waals surface area contributed by atoms with E-state index < -0.39 is 17.5 Å². The summed E-state index contributed by atoms with van der Waals surface area (Å²) in [5.41, 5.74) is 3.30. The van der Waals surface area contributed by atoms with Crippen LogP contribution >= 0.6 is 0 Å². The van der Waals surface area contributed by atoms with Crippen LogP contribution in [0.1, 0.15) is 21.5 Å². The molecule has 5 nitrogen and oxygen atoms in total. The van der Waals surface area contributed by atoms with Gasteiger partial charge in [-0.3, -0.25) is 24.3 Å². The quantitative estimate of drug-likeness (QED) is 0.779. The van der Waals surface area contributed by atoms with E-state index in [1.807, 2.05) is 0 Å². The monoisotopic (exact) mass is 367 g/mol. The summed E-state index contributed by atoms with van der Waals surface area (Å²) in [6.07, 6.45) is 0. The summed E-state index contributed by atoms with van der Waals surface area (Å²) in [6.45, 7) is 6.86. The lowest BCUT2D eigenvalue weighted by atomic mass is 10.1. The molecular weight excluding hydrogens is 345 g/mol. The van der Waals surface area contributed by atoms with Gasteiger partial charge in [-0.05, 0) is 36.2 Å². The van der Waals surface area contributed by atoms with Crippen LogP contribution in [0, 0.1) is 12.7 Å². The van der Waals surface area contributed by atoms with E-state index in [4.69, 9.17) is 0 Å². The average molecular weight is 367 g/mol. The Hall–Kier alpha value is -2.57. The molecule has 0 unspecified atom stereocenters.